The highest BCUT2D eigenvalue weighted by atomic mass is 35.5. The molecule has 36 heavy (non-hydrogen) atoms. The molecule has 0 aromatic heterocycles. The number of carbonyl (C=O) groups excluding carboxylic acids is 1. The highest BCUT2D eigenvalue weighted by Gasteiger charge is 2.31. The first-order valence-corrected chi connectivity index (χ1v) is 13.7. The average molecular weight is 571 g/mol. The van der Waals surface area contributed by atoms with Crippen LogP contribution in [0, 0.1) is 5.82 Å². The number of halogens is 4. The van der Waals surface area contributed by atoms with Crippen molar-refractivity contribution >= 4 is 56.4 Å². The number of amides is 1. The number of anilines is 1. The average Bonchev–Trinajstić information content (AvgIpc) is 2.86. The molecule has 6 nitrogen and oxygen atoms in total. The third-order valence-electron chi connectivity index (χ3n) is 5.98. The summed E-state index contributed by atoms with van der Waals surface area (Å²) in [4.78, 5) is 16.9. The van der Waals surface area contributed by atoms with E-state index in [1.165, 1.54) is 36.4 Å². The molecule has 0 spiro atoms. The Morgan fingerprint density at radius 3 is 2.03 bits per heavy atom. The fourth-order valence-corrected chi connectivity index (χ4v) is 5.96. The van der Waals surface area contributed by atoms with Gasteiger partial charge in [0, 0.05) is 59.0 Å². The second-order valence-electron chi connectivity index (χ2n) is 8.27. The Bertz CT molecular complexity index is 1310. The molecule has 0 radical (unpaired) electrons. The van der Waals surface area contributed by atoms with Crippen molar-refractivity contribution in [2.24, 2.45) is 0 Å². The predicted octanol–water partition coefficient (Wildman–Crippen LogP) is 5.33. The zero-order valence-electron chi connectivity index (χ0n) is 19.1. The number of sulfonamides is 1. The molecule has 1 heterocycles. The van der Waals surface area contributed by atoms with Crippen LogP contribution in [-0.2, 0) is 21.4 Å². The molecule has 3 aromatic carbocycles. The minimum Gasteiger partial charge on any atom is -0.368 e. The lowest BCUT2D eigenvalue weighted by Crippen LogP contribution is -2.51. The number of benzene rings is 3. The van der Waals surface area contributed by atoms with Crippen molar-refractivity contribution in [3.8, 4) is 0 Å². The van der Waals surface area contributed by atoms with Crippen molar-refractivity contribution in [2.45, 2.75) is 11.4 Å². The molecule has 0 saturated carbocycles. The smallest absolute Gasteiger partial charge is 0.243 e. The molecule has 0 N–H and O–H groups in total. The van der Waals surface area contributed by atoms with Crippen molar-refractivity contribution in [3.05, 3.63) is 93.2 Å². The van der Waals surface area contributed by atoms with Crippen LogP contribution in [0.5, 0.6) is 0 Å². The molecular weight excluding hydrogens is 548 g/mol. The van der Waals surface area contributed by atoms with Gasteiger partial charge in [-0.2, -0.15) is 4.31 Å². The number of hydrogen-bond donors (Lipinski definition) is 0. The second kappa shape index (κ2) is 11.4. The second-order valence-corrected chi connectivity index (χ2v) is 11.5. The maximum Gasteiger partial charge on any atom is 0.243 e. The normalized spacial score (nSPS) is 14.4. The van der Waals surface area contributed by atoms with Gasteiger partial charge >= 0.3 is 0 Å². The van der Waals surface area contributed by atoms with Crippen molar-refractivity contribution in [1.29, 1.82) is 0 Å². The monoisotopic (exact) mass is 569 g/mol. The van der Waals surface area contributed by atoms with E-state index in [9.17, 15) is 17.6 Å². The largest absolute Gasteiger partial charge is 0.368 e. The van der Waals surface area contributed by atoms with Crippen LogP contribution in [0.15, 0.2) is 71.6 Å². The molecule has 0 atom stereocenters. The lowest BCUT2D eigenvalue weighted by molar-refractivity contribution is -0.131. The summed E-state index contributed by atoms with van der Waals surface area (Å²) in [6, 6.07) is 16.8. The van der Waals surface area contributed by atoms with Crippen LogP contribution in [-0.4, -0.2) is 56.3 Å². The summed E-state index contributed by atoms with van der Waals surface area (Å²) in [5.41, 5.74) is 1.27. The lowest BCUT2D eigenvalue weighted by Gasteiger charge is -2.37. The maximum absolute atomic E-state index is 13.5. The van der Waals surface area contributed by atoms with Gasteiger partial charge in [0.05, 0.1) is 11.4 Å². The van der Waals surface area contributed by atoms with E-state index < -0.39 is 10.0 Å². The van der Waals surface area contributed by atoms with E-state index in [0.29, 0.717) is 46.8 Å². The zero-order chi connectivity index (χ0) is 25.9. The molecule has 0 bridgehead atoms. The van der Waals surface area contributed by atoms with Gasteiger partial charge in [-0.05, 0) is 60.7 Å². The number of rotatable bonds is 7. The number of piperazine rings is 1. The highest BCUT2D eigenvalue weighted by molar-refractivity contribution is 7.89. The fourth-order valence-electron chi connectivity index (χ4n) is 3.96. The Balaban J connectivity index is 1.53. The van der Waals surface area contributed by atoms with Crippen LogP contribution in [0.25, 0.3) is 0 Å². The van der Waals surface area contributed by atoms with Gasteiger partial charge in [-0.15, -0.1) is 0 Å². The first-order valence-electron chi connectivity index (χ1n) is 11.1. The number of hydrogen-bond acceptors (Lipinski definition) is 4. The number of carbonyl (C=O) groups is 1. The van der Waals surface area contributed by atoms with Crippen LogP contribution in [0.3, 0.4) is 0 Å². The Morgan fingerprint density at radius 1 is 0.861 bits per heavy atom. The fraction of sp³-hybridized carbons (Fsp3) is 0.240. The first kappa shape index (κ1) is 26.7. The van der Waals surface area contributed by atoms with Crippen LogP contribution >= 0.6 is 34.8 Å². The summed E-state index contributed by atoms with van der Waals surface area (Å²) < 4.78 is 41.4. The van der Waals surface area contributed by atoms with E-state index in [1.54, 1.807) is 35.2 Å². The van der Waals surface area contributed by atoms with Crippen LogP contribution in [0.1, 0.15) is 5.56 Å². The van der Waals surface area contributed by atoms with Gasteiger partial charge in [0.25, 0.3) is 0 Å². The van der Waals surface area contributed by atoms with Crippen molar-refractivity contribution < 1.29 is 17.6 Å². The third-order valence-corrected chi connectivity index (χ3v) is 8.75. The first-order chi connectivity index (χ1) is 17.1. The van der Waals surface area contributed by atoms with Gasteiger partial charge in [-0.3, -0.25) is 4.79 Å². The van der Waals surface area contributed by atoms with Crippen LogP contribution in [0.4, 0.5) is 10.1 Å². The van der Waals surface area contributed by atoms with Gasteiger partial charge < -0.3 is 9.80 Å². The Morgan fingerprint density at radius 2 is 1.44 bits per heavy atom. The van der Waals surface area contributed by atoms with E-state index in [-0.39, 0.29) is 29.7 Å². The van der Waals surface area contributed by atoms with E-state index in [0.717, 1.165) is 9.99 Å². The maximum atomic E-state index is 13.5. The molecular formula is C25H23Cl3FN3O3S. The van der Waals surface area contributed by atoms with Gasteiger partial charge in [0.1, 0.15) is 5.82 Å². The van der Waals surface area contributed by atoms with Gasteiger partial charge in [0.2, 0.25) is 15.9 Å². The van der Waals surface area contributed by atoms with Gasteiger partial charge in [-0.1, -0.05) is 40.9 Å². The molecule has 4 rings (SSSR count). The molecule has 0 aliphatic carbocycles. The zero-order valence-corrected chi connectivity index (χ0v) is 22.2. The van der Waals surface area contributed by atoms with E-state index in [1.807, 2.05) is 0 Å². The molecule has 0 unspecified atom stereocenters. The molecule has 1 amide bonds. The number of nitrogens with zero attached hydrogens (tertiary/aromatic N) is 3. The van der Waals surface area contributed by atoms with Crippen molar-refractivity contribution in [3.63, 3.8) is 0 Å². The quantitative estimate of drug-likeness (QED) is 0.386. The molecule has 1 aliphatic rings. The van der Waals surface area contributed by atoms with Gasteiger partial charge in [-0.25, -0.2) is 12.8 Å². The minimum atomic E-state index is -4.08. The summed E-state index contributed by atoms with van der Waals surface area (Å²) in [5, 5.41) is 1.00. The SMILES string of the molecule is O=C(CN(Cc1c(Cl)cccc1Cl)S(=O)(=O)c1ccc(Cl)cc1)N1CCN(c2ccc(F)cc2)CC1. The Kier molecular flexibility index (Phi) is 8.42. The summed E-state index contributed by atoms with van der Waals surface area (Å²) in [6.07, 6.45) is 0. The molecule has 3 aromatic rings. The predicted molar refractivity (Wildman–Crippen MR) is 141 cm³/mol. The van der Waals surface area contributed by atoms with E-state index in [4.69, 9.17) is 34.8 Å². The van der Waals surface area contributed by atoms with E-state index >= 15 is 0 Å². The lowest BCUT2D eigenvalue weighted by atomic mass is 10.2. The summed E-state index contributed by atoms with van der Waals surface area (Å²) in [7, 11) is -4.08. The van der Waals surface area contributed by atoms with E-state index in [2.05, 4.69) is 4.90 Å². The Hall–Kier alpha value is -2.36. The van der Waals surface area contributed by atoms with Crippen molar-refractivity contribution in [2.75, 3.05) is 37.6 Å². The minimum absolute atomic E-state index is 0.00371. The molecule has 1 fully saturated rings. The van der Waals surface area contributed by atoms with Crippen molar-refractivity contribution in [1.82, 2.24) is 9.21 Å². The Labute approximate surface area is 224 Å². The molecule has 190 valence electrons. The topological polar surface area (TPSA) is 60.9 Å². The third kappa shape index (κ3) is 6.12. The van der Waals surface area contributed by atoms with Crippen LogP contribution in [0.2, 0.25) is 15.1 Å². The molecule has 1 saturated heterocycles. The highest BCUT2D eigenvalue weighted by Crippen LogP contribution is 2.29. The van der Waals surface area contributed by atoms with Gasteiger partial charge in [0.15, 0.2) is 0 Å². The van der Waals surface area contributed by atoms with Crippen LogP contribution < -0.4 is 4.90 Å². The summed E-state index contributed by atoms with van der Waals surface area (Å²) >= 11 is 18.6. The summed E-state index contributed by atoms with van der Waals surface area (Å²) in [6.45, 7) is 1.32. The standard InChI is InChI=1S/C25H23Cl3FN3O3S/c26-18-4-10-21(11-5-18)36(34,35)32(16-22-23(27)2-1-3-24(22)28)17-25(33)31-14-12-30(13-15-31)20-8-6-19(29)7-9-20/h1-11H,12-17H2. The molecule has 11 heteroatoms. The molecule has 1 aliphatic heterocycles. The summed E-state index contributed by atoms with van der Waals surface area (Å²) in [5.74, 6) is -0.650.